The van der Waals surface area contributed by atoms with Crippen molar-refractivity contribution in [3.05, 3.63) is 66.2 Å². The van der Waals surface area contributed by atoms with Crippen molar-refractivity contribution < 1.29 is 22.7 Å². The number of hydrogen-bond donors (Lipinski definition) is 2. The molecule has 9 heteroatoms. The third-order valence-electron chi connectivity index (χ3n) is 4.58. The number of carbonyl (C=O) groups excluding carboxylic acids is 1. The van der Waals surface area contributed by atoms with Crippen molar-refractivity contribution >= 4 is 34.0 Å². The fourth-order valence-electron chi connectivity index (χ4n) is 3.17. The van der Waals surface area contributed by atoms with Gasteiger partial charge < -0.3 is 10.1 Å². The normalized spacial score (nSPS) is 14.0. The molecule has 0 spiro atoms. The second kappa shape index (κ2) is 8.02. The predicted molar refractivity (Wildman–Crippen MR) is 107 cm³/mol. The number of ether oxygens (including phenoxy) is 1. The topological polar surface area (TPSA) is 76.1 Å². The average Bonchev–Trinajstić information content (AvgIpc) is 2.74. The fourth-order valence-corrected chi connectivity index (χ4v) is 3.17. The van der Waals surface area contributed by atoms with E-state index in [1.54, 1.807) is 18.5 Å². The molecule has 2 aromatic heterocycles. The number of urea groups is 1. The first-order valence-electron chi connectivity index (χ1n) is 9.22. The summed E-state index contributed by atoms with van der Waals surface area (Å²) in [5, 5.41) is 5.66. The maximum atomic E-state index is 12.8. The van der Waals surface area contributed by atoms with Gasteiger partial charge in [-0.2, -0.15) is 13.2 Å². The lowest BCUT2D eigenvalue weighted by Gasteiger charge is -2.15. The van der Waals surface area contributed by atoms with E-state index in [2.05, 4.69) is 20.6 Å². The van der Waals surface area contributed by atoms with Crippen molar-refractivity contribution in [2.45, 2.75) is 19.0 Å². The SMILES string of the molecule is O=C(Nc1cccc(C(F)(F)F)n1)Nc1ccnc2cc(C3=COCCC3)ccc12. The van der Waals surface area contributed by atoms with Gasteiger partial charge in [0.15, 0.2) is 0 Å². The molecule has 0 fully saturated rings. The maximum Gasteiger partial charge on any atom is 0.433 e. The van der Waals surface area contributed by atoms with Crippen LogP contribution in [0.2, 0.25) is 0 Å². The van der Waals surface area contributed by atoms with Crippen LogP contribution in [-0.2, 0) is 10.9 Å². The fraction of sp³-hybridized carbons (Fsp3) is 0.190. The minimum atomic E-state index is -4.59. The number of nitrogens with zero attached hydrogens (tertiary/aromatic N) is 2. The number of anilines is 2. The third kappa shape index (κ3) is 4.35. The molecule has 2 N–H and O–H groups in total. The molecule has 3 aromatic rings. The maximum absolute atomic E-state index is 12.8. The van der Waals surface area contributed by atoms with Crippen molar-refractivity contribution in [1.82, 2.24) is 9.97 Å². The summed E-state index contributed by atoms with van der Waals surface area (Å²) in [6, 6.07) is 9.88. The highest BCUT2D eigenvalue weighted by Crippen LogP contribution is 2.30. The minimum absolute atomic E-state index is 0.202. The van der Waals surface area contributed by atoms with E-state index < -0.39 is 17.9 Å². The van der Waals surface area contributed by atoms with Gasteiger partial charge in [-0.05, 0) is 48.2 Å². The Balaban J connectivity index is 1.53. The van der Waals surface area contributed by atoms with Crippen molar-refractivity contribution in [3.63, 3.8) is 0 Å². The second-order valence-corrected chi connectivity index (χ2v) is 6.69. The summed E-state index contributed by atoms with van der Waals surface area (Å²) in [6.07, 6.45) is 0.572. The molecule has 0 bridgehead atoms. The molecule has 0 saturated heterocycles. The molecule has 154 valence electrons. The first-order chi connectivity index (χ1) is 14.4. The van der Waals surface area contributed by atoms with Gasteiger partial charge in [-0.1, -0.05) is 18.2 Å². The minimum Gasteiger partial charge on any atom is -0.501 e. The number of allylic oxidation sites excluding steroid dienone is 1. The van der Waals surface area contributed by atoms with Gasteiger partial charge in [-0.3, -0.25) is 10.3 Å². The van der Waals surface area contributed by atoms with Crippen LogP contribution in [0.3, 0.4) is 0 Å². The molecule has 0 saturated carbocycles. The highest BCUT2D eigenvalue weighted by atomic mass is 19.4. The van der Waals surface area contributed by atoms with Gasteiger partial charge in [-0.25, -0.2) is 9.78 Å². The zero-order chi connectivity index (χ0) is 21.1. The number of rotatable bonds is 3. The highest BCUT2D eigenvalue weighted by Gasteiger charge is 2.32. The Morgan fingerprint density at radius 3 is 2.73 bits per heavy atom. The van der Waals surface area contributed by atoms with Crippen LogP contribution in [0.1, 0.15) is 24.1 Å². The number of nitrogens with one attached hydrogen (secondary N) is 2. The van der Waals surface area contributed by atoms with E-state index in [0.29, 0.717) is 23.2 Å². The third-order valence-corrected chi connectivity index (χ3v) is 4.58. The van der Waals surface area contributed by atoms with Crippen LogP contribution in [0.15, 0.2) is 54.9 Å². The summed E-state index contributed by atoms with van der Waals surface area (Å²) in [4.78, 5) is 20.1. The number of carbonyl (C=O) groups is 1. The molecule has 1 aromatic carbocycles. The van der Waals surface area contributed by atoms with Gasteiger partial charge in [0, 0.05) is 11.6 Å². The Hall–Kier alpha value is -3.62. The van der Waals surface area contributed by atoms with Crippen molar-refractivity contribution in [2.24, 2.45) is 0 Å². The molecular weight excluding hydrogens is 397 g/mol. The monoisotopic (exact) mass is 414 g/mol. The highest BCUT2D eigenvalue weighted by molar-refractivity contribution is 6.05. The van der Waals surface area contributed by atoms with E-state index in [9.17, 15) is 18.0 Å². The van der Waals surface area contributed by atoms with E-state index >= 15 is 0 Å². The number of alkyl halides is 3. The lowest BCUT2D eigenvalue weighted by atomic mass is 9.99. The Bertz CT molecular complexity index is 1130. The van der Waals surface area contributed by atoms with Crippen molar-refractivity contribution in [3.8, 4) is 0 Å². The Labute approximate surface area is 169 Å². The van der Waals surface area contributed by atoms with Crippen LogP contribution in [0.4, 0.5) is 29.5 Å². The molecule has 4 rings (SSSR count). The Morgan fingerprint density at radius 1 is 1.10 bits per heavy atom. The first-order valence-corrected chi connectivity index (χ1v) is 9.22. The molecule has 30 heavy (non-hydrogen) atoms. The number of fused-ring (bicyclic) bond motifs is 1. The van der Waals surface area contributed by atoms with E-state index in [-0.39, 0.29) is 5.82 Å². The lowest BCUT2D eigenvalue weighted by Crippen LogP contribution is -2.21. The van der Waals surface area contributed by atoms with Crippen LogP contribution >= 0.6 is 0 Å². The zero-order valence-electron chi connectivity index (χ0n) is 15.7. The van der Waals surface area contributed by atoms with Crippen LogP contribution in [0.5, 0.6) is 0 Å². The van der Waals surface area contributed by atoms with E-state index in [0.717, 1.165) is 30.0 Å². The Kier molecular flexibility index (Phi) is 5.26. The molecule has 1 aliphatic heterocycles. The summed E-state index contributed by atoms with van der Waals surface area (Å²) in [7, 11) is 0. The van der Waals surface area contributed by atoms with Crippen molar-refractivity contribution in [2.75, 3.05) is 17.2 Å². The van der Waals surface area contributed by atoms with Gasteiger partial charge in [0.2, 0.25) is 0 Å². The number of hydrogen-bond acceptors (Lipinski definition) is 4. The largest absolute Gasteiger partial charge is 0.501 e. The molecule has 0 unspecified atom stereocenters. The van der Waals surface area contributed by atoms with Gasteiger partial charge >= 0.3 is 12.2 Å². The van der Waals surface area contributed by atoms with Gasteiger partial charge in [0.25, 0.3) is 0 Å². The summed E-state index contributed by atoms with van der Waals surface area (Å²) in [6.45, 7) is 0.708. The number of amides is 2. The van der Waals surface area contributed by atoms with Crippen LogP contribution in [0.25, 0.3) is 16.5 Å². The van der Waals surface area contributed by atoms with Crippen molar-refractivity contribution in [1.29, 1.82) is 0 Å². The zero-order valence-corrected chi connectivity index (χ0v) is 15.7. The van der Waals surface area contributed by atoms with Crippen LogP contribution in [0, 0.1) is 0 Å². The second-order valence-electron chi connectivity index (χ2n) is 6.69. The molecule has 6 nitrogen and oxygen atoms in total. The molecule has 3 heterocycles. The molecular formula is C21H17F3N4O2. The summed E-state index contributed by atoms with van der Waals surface area (Å²) < 4.78 is 43.7. The lowest BCUT2D eigenvalue weighted by molar-refractivity contribution is -0.141. The predicted octanol–water partition coefficient (Wildman–Crippen LogP) is 5.44. The van der Waals surface area contributed by atoms with Gasteiger partial charge in [0.1, 0.15) is 11.5 Å². The average molecular weight is 414 g/mol. The Morgan fingerprint density at radius 2 is 1.97 bits per heavy atom. The van der Waals surface area contributed by atoms with E-state index in [1.807, 2.05) is 18.2 Å². The smallest absolute Gasteiger partial charge is 0.433 e. The molecule has 1 aliphatic rings. The summed E-state index contributed by atoms with van der Waals surface area (Å²) >= 11 is 0. The quantitative estimate of drug-likeness (QED) is 0.598. The van der Waals surface area contributed by atoms with E-state index in [4.69, 9.17) is 4.74 Å². The van der Waals surface area contributed by atoms with E-state index in [1.165, 1.54) is 12.1 Å². The molecule has 0 aliphatic carbocycles. The number of aromatic nitrogens is 2. The number of halogens is 3. The summed E-state index contributed by atoms with van der Waals surface area (Å²) in [5.41, 5.74) is 2.14. The standard InChI is InChI=1S/C21H17F3N4O2/c22-21(23,24)18-4-1-5-19(27-18)28-20(29)26-16-8-9-25-17-11-13(6-7-15(16)17)14-3-2-10-30-12-14/h1,4-9,11-12H,2-3,10H2,(H2,25,26,27,28,29). The first kappa shape index (κ1) is 19.7. The van der Waals surface area contributed by atoms with Crippen LogP contribution < -0.4 is 10.6 Å². The van der Waals surface area contributed by atoms with Gasteiger partial charge in [-0.15, -0.1) is 0 Å². The molecule has 0 atom stereocenters. The van der Waals surface area contributed by atoms with Crippen LogP contribution in [-0.4, -0.2) is 22.6 Å². The number of pyridine rings is 2. The van der Waals surface area contributed by atoms with Gasteiger partial charge in [0.05, 0.1) is 24.1 Å². The number of benzene rings is 1. The summed E-state index contributed by atoms with van der Waals surface area (Å²) in [5.74, 6) is -0.202. The molecule has 0 radical (unpaired) electrons. The molecule has 2 amide bonds.